The van der Waals surface area contributed by atoms with Crippen molar-refractivity contribution in [2.45, 2.75) is 36.8 Å². The summed E-state index contributed by atoms with van der Waals surface area (Å²) in [6, 6.07) is 13.3. The van der Waals surface area contributed by atoms with Crippen LogP contribution in [0.25, 0.3) is 0 Å². The molecule has 1 aromatic heterocycles. The minimum absolute atomic E-state index is 0.463. The third-order valence-corrected chi connectivity index (χ3v) is 5.29. The van der Waals surface area contributed by atoms with Crippen LogP contribution < -0.4 is 5.32 Å². The Morgan fingerprint density at radius 1 is 1.25 bits per heavy atom. The lowest BCUT2D eigenvalue weighted by Gasteiger charge is -2.33. The Bertz CT molecular complexity index is 538. The van der Waals surface area contributed by atoms with Crippen LogP contribution in [0, 0.1) is 0 Å². The van der Waals surface area contributed by atoms with Crippen LogP contribution >= 0.6 is 11.8 Å². The van der Waals surface area contributed by atoms with E-state index >= 15 is 0 Å². The average Bonchev–Trinajstić information content (AvgIpc) is 3.00. The van der Waals surface area contributed by atoms with Crippen molar-refractivity contribution in [3.8, 4) is 0 Å². The average molecular weight is 287 g/mol. The molecule has 1 aliphatic rings. The second-order valence-corrected chi connectivity index (χ2v) is 6.43. The molecule has 3 heteroatoms. The molecule has 2 unspecified atom stereocenters. The van der Waals surface area contributed by atoms with Crippen LogP contribution in [0.1, 0.15) is 36.3 Å². The Labute approximate surface area is 125 Å². The largest absolute Gasteiger partial charge is 0.468 e. The van der Waals surface area contributed by atoms with E-state index in [1.807, 2.05) is 17.8 Å². The van der Waals surface area contributed by atoms with Gasteiger partial charge in [-0.2, -0.15) is 0 Å². The van der Waals surface area contributed by atoms with Gasteiger partial charge in [-0.1, -0.05) is 31.2 Å². The van der Waals surface area contributed by atoms with E-state index < -0.39 is 0 Å². The number of aryl methyl sites for hydroxylation is 1. The van der Waals surface area contributed by atoms with Crippen LogP contribution in [0.3, 0.4) is 0 Å². The smallest absolute Gasteiger partial charge is 0.113 e. The highest BCUT2D eigenvalue weighted by atomic mass is 32.2. The van der Waals surface area contributed by atoms with Crippen molar-refractivity contribution in [2.75, 3.05) is 6.54 Å². The first-order chi connectivity index (χ1) is 9.88. The first kappa shape index (κ1) is 13.8. The highest BCUT2D eigenvalue weighted by molar-refractivity contribution is 7.99. The molecule has 1 heterocycles. The van der Waals surface area contributed by atoms with Crippen LogP contribution in [0.2, 0.25) is 0 Å². The van der Waals surface area contributed by atoms with E-state index in [1.165, 1.54) is 24.0 Å². The maximum absolute atomic E-state index is 5.45. The third kappa shape index (κ3) is 2.94. The lowest BCUT2D eigenvalue weighted by atomic mass is 9.87. The van der Waals surface area contributed by atoms with E-state index in [4.69, 9.17) is 4.42 Å². The first-order valence-corrected chi connectivity index (χ1v) is 8.38. The van der Waals surface area contributed by atoms with Crippen LogP contribution in [0.15, 0.2) is 47.1 Å². The van der Waals surface area contributed by atoms with Gasteiger partial charge in [0.2, 0.25) is 0 Å². The number of nitrogens with one attached hydrogen (secondary N) is 1. The van der Waals surface area contributed by atoms with Crippen molar-refractivity contribution in [2.24, 2.45) is 0 Å². The zero-order valence-electron chi connectivity index (χ0n) is 11.8. The van der Waals surface area contributed by atoms with Crippen molar-refractivity contribution in [1.82, 2.24) is 5.32 Å². The normalized spacial score (nSPS) is 21.6. The fourth-order valence-electron chi connectivity index (χ4n) is 2.95. The summed E-state index contributed by atoms with van der Waals surface area (Å²) >= 11 is 2.01. The molecular weight excluding hydrogens is 266 g/mol. The highest BCUT2D eigenvalue weighted by Crippen LogP contribution is 2.38. The molecule has 20 heavy (non-hydrogen) atoms. The molecule has 0 amide bonds. The molecule has 3 rings (SSSR count). The van der Waals surface area contributed by atoms with Gasteiger partial charge in [0.15, 0.2) is 0 Å². The number of furan rings is 1. The Morgan fingerprint density at radius 3 is 2.95 bits per heavy atom. The Kier molecular flexibility index (Phi) is 4.48. The van der Waals surface area contributed by atoms with Crippen molar-refractivity contribution >= 4 is 11.8 Å². The molecule has 2 nitrogen and oxygen atoms in total. The minimum atomic E-state index is 0.463. The van der Waals surface area contributed by atoms with Crippen molar-refractivity contribution in [1.29, 1.82) is 0 Å². The fourth-order valence-corrected chi connectivity index (χ4v) is 4.22. The molecule has 0 saturated carbocycles. The standard InChI is InChI=1S/C17H21NOS/c1-2-18-17-15-8-4-3-6-13(15)9-10-16(17)20-12-14-7-5-11-19-14/h3-8,11,16-18H,2,9-10,12H2,1H3. The van der Waals surface area contributed by atoms with Gasteiger partial charge in [-0.25, -0.2) is 0 Å². The van der Waals surface area contributed by atoms with Gasteiger partial charge in [-0.15, -0.1) is 11.8 Å². The molecule has 0 saturated heterocycles. The number of fused-ring (bicyclic) bond motifs is 1. The quantitative estimate of drug-likeness (QED) is 0.893. The SMILES string of the molecule is CCNC1c2ccccc2CCC1SCc1ccco1. The summed E-state index contributed by atoms with van der Waals surface area (Å²) in [7, 11) is 0. The van der Waals surface area contributed by atoms with Gasteiger partial charge in [0.05, 0.1) is 12.0 Å². The number of benzene rings is 1. The van der Waals surface area contributed by atoms with E-state index in [1.54, 1.807) is 6.26 Å². The van der Waals surface area contributed by atoms with Gasteiger partial charge >= 0.3 is 0 Å². The Balaban J connectivity index is 1.74. The molecule has 106 valence electrons. The number of hydrogen-bond donors (Lipinski definition) is 1. The summed E-state index contributed by atoms with van der Waals surface area (Å²) in [5.74, 6) is 2.03. The van der Waals surface area contributed by atoms with Gasteiger partial charge in [0, 0.05) is 11.3 Å². The topological polar surface area (TPSA) is 25.2 Å². The van der Waals surface area contributed by atoms with E-state index in [9.17, 15) is 0 Å². The molecule has 1 aliphatic carbocycles. The van der Waals surface area contributed by atoms with Gasteiger partial charge < -0.3 is 9.73 Å². The summed E-state index contributed by atoms with van der Waals surface area (Å²) in [6.45, 7) is 3.20. The summed E-state index contributed by atoms with van der Waals surface area (Å²) in [5.41, 5.74) is 2.99. The fraction of sp³-hybridized carbons (Fsp3) is 0.412. The summed E-state index contributed by atoms with van der Waals surface area (Å²) < 4.78 is 5.45. The predicted octanol–water partition coefficient (Wildman–Crippen LogP) is 4.18. The molecular formula is C17H21NOS. The number of hydrogen-bond acceptors (Lipinski definition) is 3. The lowest BCUT2D eigenvalue weighted by molar-refractivity contribution is 0.482. The number of thioether (sulfide) groups is 1. The highest BCUT2D eigenvalue weighted by Gasteiger charge is 2.29. The maximum Gasteiger partial charge on any atom is 0.113 e. The summed E-state index contributed by atoms with van der Waals surface area (Å²) in [6.07, 6.45) is 4.18. The van der Waals surface area contributed by atoms with E-state index in [0.29, 0.717) is 11.3 Å². The maximum atomic E-state index is 5.45. The second kappa shape index (κ2) is 6.51. The van der Waals surface area contributed by atoms with Crippen LogP contribution in [-0.2, 0) is 12.2 Å². The van der Waals surface area contributed by atoms with Crippen LogP contribution in [0.5, 0.6) is 0 Å². The van der Waals surface area contributed by atoms with Gasteiger partial charge in [0.25, 0.3) is 0 Å². The summed E-state index contributed by atoms with van der Waals surface area (Å²) in [5, 5.41) is 4.29. The second-order valence-electron chi connectivity index (χ2n) is 5.20. The van der Waals surface area contributed by atoms with Crippen molar-refractivity contribution in [3.63, 3.8) is 0 Å². The Hall–Kier alpha value is -1.19. The molecule has 1 N–H and O–H groups in total. The zero-order chi connectivity index (χ0) is 13.8. The molecule has 2 aromatic rings. The number of rotatable bonds is 5. The van der Waals surface area contributed by atoms with E-state index in [0.717, 1.165) is 18.1 Å². The van der Waals surface area contributed by atoms with Crippen molar-refractivity contribution in [3.05, 3.63) is 59.5 Å². The van der Waals surface area contributed by atoms with E-state index in [-0.39, 0.29) is 0 Å². The summed E-state index contributed by atoms with van der Waals surface area (Å²) in [4.78, 5) is 0. The van der Waals surface area contributed by atoms with Crippen molar-refractivity contribution < 1.29 is 4.42 Å². The molecule has 1 aromatic carbocycles. The monoisotopic (exact) mass is 287 g/mol. The first-order valence-electron chi connectivity index (χ1n) is 7.33. The van der Waals surface area contributed by atoms with Gasteiger partial charge in [-0.3, -0.25) is 0 Å². The van der Waals surface area contributed by atoms with Crippen LogP contribution in [0.4, 0.5) is 0 Å². The van der Waals surface area contributed by atoms with Crippen LogP contribution in [-0.4, -0.2) is 11.8 Å². The Morgan fingerprint density at radius 2 is 2.15 bits per heavy atom. The molecule has 2 atom stereocenters. The molecule has 0 radical (unpaired) electrons. The molecule has 0 fully saturated rings. The zero-order valence-corrected chi connectivity index (χ0v) is 12.7. The van der Waals surface area contributed by atoms with E-state index in [2.05, 4.69) is 42.6 Å². The molecule has 0 bridgehead atoms. The predicted molar refractivity (Wildman–Crippen MR) is 85.0 cm³/mol. The molecule has 0 aliphatic heterocycles. The van der Waals surface area contributed by atoms with Gasteiger partial charge in [-0.05, 0) is 42.6 Å². The minimum Gasteiger partial charge on any atom is -0.468 e. The molecule has 0 spiro atoms. The van der Waals surface area contributed by atoms with Gasteiger partial charge in [0.1, 0.15) is 5.76 Å². The third-order valence-electron chi connectivity index (χ3n) is 3.90. The lowest BCUT2D eigenvalue weighted by Crippen LogP contribution is -2.34.